The van der Waals surface area contributed by atoms with Crippen LogP contribution in [0.15, 0.2) is 65.6 Å². The minimum Gasteiger partial charge on any atom is -0.387 e. The summed E-state index contributed by atoms with van der Waals surface area (Å²) in [6.07, 6.45) is -0.998. The molecule has 1 atom stereocenters. The van der Waals surface area contributed by atoms with Crippen LogP contribution in [-0.4, -0.2) is 20.1 Å². The number of hydrogen-bond acceptors (Lipinski definition) is 3. The van der Waals surface area contributed by atoms with Crippen LogP contribution in [0, 0.1) is 12.7 Å². The number of aryl methyl sites for hydroxylation is 1. The number of nitrogens with one attached hydrogen (secondary N) is 1. The van der Waals surface area contributed by atoms with Crippen molar-refractivity contribution in [3.8, 4) is 0 Å². The van der Waals surface area contributed by atoms with Crippen LogP contribution in [0.4, 0.5) is 4.39 Å². The molecule has 0 saturated heterocycles. The zero-order valence-corrected chi connectivity index (χ0v) is 14.4. The second kappa shape index (κ2) is 6.92. The number of fused-ring (bicyclic) bond motifs is 1. The zero-order chi connectivity index (χ0) is 18.0. The Hall–Kier alpha value is -2.28. The first-order valence-electron chi connectivity index (χ1n) is 7.80. The Kier molecular flexibility index (Phi) is 4.85. The van der Waals surface area contributed by atoms with E-state index in [-0.39, 0.29) is 17.0 Å². The molecule has 3 aromatic rings. The van der Waals surface area contributed by atoms with Crippen molar-refractivity contribution < 1.29 is 17.9 Å². The Morgan fingerprint density at radius 2 is 1.80 bits per heavy atom. The average molecular weight is 359 g/mol. The topological polar surface area (TPSA) is 66.4 Å². The summed E-state index contributed by atoms with van der Waals surface area (Å²) in [5.74, 6) is -0.463. The van der Waals surface area contributed by atoms with Gasteiger partial charge in [-0.25, -0.2) is 17.5 Å². The minimum absolute atomic E-state index is 0.0310. The molecule has 0 bridgehead atoms. The van der Waals surface area contributed by atoms with E-state index in [2.05, 4.69) is 4.72 Å². The van der Waals surface area contributed by atoms with Crippen LogP contribution in [-0.2, 0) is 10.0 Å². The first kappa shape index (κ1) is 17.5. The van der Waals surface area contributed by atoms with E-state index >= 15 is 0 Å². The van der Waals surface area contributed by atoms with Crippen molar-refractivity contribution in [2.75, 3.05) is 6.54 Å². The van der Waals surface area contributed by atoms with Gasteiger partial charge in [0.05, 0.1) is 11.0 Å². The van der Waals surface area contributed by atoms with Crippen molar-refractivity contribution in [2.45, 2.75) is 17.9 Å². The Morgan fingerprint density at radius 1 is 1.08 bits per heavy atom. The second-order valence-electron chi connectivity index (χ2n) is 5.85. The van der Waals surface area contributed by atoms with Gasteiger partial charge in [-0.2, -0.15) is 0 Å². The number of hydrogen-bond donors (Lipinski definition) is 2. The number of rotatable bonds is 5. The van der Waals surface area contributed by atoms with E-state index < -0.39 is 21.9 Å². The Balaban J connectivity index is 1.81. The Morgan fingerprint density at radius 3 is 2.56 bits per heavy atom. The SMILES string of the molecule is Cc1cc(S(=O)(=O)NC[C@@H](O)c2cccc3ccccc23)ccc1F. The summed E-state index contributed by atoms with van der Waals surface area (Å²) in [5.41, 5.74) is 0.897. The predicted molar refractivity (Wildman–Crippen MR) is 95.2 cm³/mol. The highest BCUT2D eigenvalue weighted by Crippen LogP contribution is 2.24. The summed E-state index contributed by atoms with van der Waals surface area (Å²) in [6.45, 7) is 1.33. The maximum Gasteiger partial charge on any atom is 0.240 e. The van der Waals surface area contributed by atoms with Gasteiger partial charge < -0.3 is 5.11 Å². The van der Waals surface area contributed by atoms with Crippen molar-refractivity contribution >= 4 is 20.8 Å². The molecule has 0 heterocycles. The molecule has 0 aliphatic rings. The van der Waals surface area contributed by atoms with Crippen LogP contribution in [0.3, 0.4) is 0 Å². The maximum atomic E-state index is 13.3. The van der Waals surface area contributed by atoms with Gasteiger partial charge in [0.2, 0.25) is 10.0 Å². The Bertz CT molecular complexity index is 1010. The minimum atomic E-state index is -3.83. The van der Waals surface area contributed by atoms with Crippen LogP contribution < -0.4 is 4.72 Å². The van der Waals surface area contributed by atoms with Crippen LogP contribution in [0.5, 0.6) is 0 Å². The molecule has 2 N–H and O–H groups in total. The first-order valence-corrected chi connectivity index (χ1v) is 9.28. The molecule has 3 rings (SSSR count). The molecule has 0 amide bonds. The first-order chi connectivity index (χ1) is 11.9. The van der Waals surface area contributed by atoms with Crippen LogP contribution in [0.25, 0.3) is 10.8 Å². The fraction of sp³-hybridized carbons (Fsp3) is 0.158. The lowest BCUT2D eigenvalue weighted by molar-refractivity contribution is 0.183. The quantitative estimate of drug-likeness (QED) is 0.735. The molecule has 3 aromatic carbocycles. The third kappa shape index (κ3) is 3.71. The highest BCUT2D eigenvalue weighted by molar-refractivity contribution is 7.89. The van der Waals surface area contributed by atoms with Crippen molar-refractivity contribution in [1.29, 1.82) is 0 Å². The predicted octanol–water partition coefficient (Wildman–Crippen LogP) is 3.30. The van der Waals surface area contributed by atoms with Crippen LogP contribution in [0.1, 0.15) is 17.2 Å². The van der Waals surface area contributed by atoms with Crippen molar-refractivity contribution in [2.24, 2.45) is 0 Å². The molecule has 130 valence electrons. The lowest BCUT2D eigenvalue weighted by Crippen LogP contribution is -2.28. The van der Waals surface area contributed by atoms with Gasteiger partial charge in [-0.15, -0.1) is 0 Å². The standard InChI is InChI=1S/C19H18FNO3S/c1-13-11-15(9-10-18(13)20)25(23,24)21-12-19(22)17-8-4-6-14-5-2-3-7-16(14)17/h2-11,19,21-22H,12H2,1H3/t19-/m1/s1. The van der Waals surface area contributed by atoms with Gasteiger partial charge in [0.15, 0.2) is 0 Å². The van der Waals surface area contributed by atoms with Gasteiger partial charge in [0, 0.05) is 6.54 Å². The summed E-state index contributed by atoms with van der Waals surface area (Å²) in [4.78, 5) is -0.0310. The van der Waals surface area contributed by atoms with E-state index in [1.54, 1.807) is 6.07 Å². The maximum absolute atomic E-state index is 13.3. The van der Waals surface area contributed by atoms with Gasteiger partial charge in [-0.3, -0.25) is 0 Å². The molecule has 0 aliphatic carbocycles. The van der Waals surface area contributed by atoms with E-state index in [4.69, 9.17) is 0 Å². The number of benzene rings is 3. The summed E-state index contributed by atoms with van der Waals surface area (Å²) in [6, 6.07) is 16.7. The molecular formula is C19H18FNO3S. The van der Waals surface area contributed by atoms with Crippen molar-refractivity contribution in [3.05, 3.63) is 77.6 Å². The fourth-order valence-corrected chi connectivity index (χ4v) is 3.83. The summed E-state index contributed by atoms with van der Waals surface area (Å²) < 4.78 is 40.4. The highest BCUT2D eigenvalue weighted by Gasteiger charge is 2.18. The van der Waals surface area contributed by atoms with Gasteiger partial charge in [-0.05, 0) is 47.0 Å². The van der Waals surface area contributed by atoms with E-state index in [9.17, 15) is 17.9 Å². The van der Waals surface area contributed by atoms with Gasteiger partial charge >= 0.3 is 0 Å². The van der Waals surface area contributed by atoms with E-state index in [0.717, 1.165) is 16.8 Å². The molecule has 0 aliphatic heterocycles. The van der Waals surface area contributed by atoms with E-state index in [1.165, 1.54) is 19.1 Å². The van der Waals surface area contributed by atoms with Crippen molar-refractivity contribution in [1.82, 2.24) is 4.72 Å². The van der Waals surface area contributed by atoms with E-state index in [0.29, 0.717) is 5.56 Å². The van der Waals surface area contributed by atoms with Gasteiger partial charge in [0.1, 0.15) is 5.82 Å². The molecule has 0 aromatic heterocycles. The average Bonchev–Trinajstić information content (AvgIpc) is 2.61. The highest BCUT2D eigenvalue weighted by atomic mass is 32.2. The molecule has 25 heavy (non-hydrogen) atoms. The third-order valence-electron chi connectivity index (χ3n) is 4.09. The zero-order valence-electron chi connectivity index (χ0n) is 13.6. The number of aliphatic hydroxyl groups excluding tert-OH is 1. The molecule has 6 heteroatoms. The lowest BCUT2D eigenvalue weighted by Gasteiger charge is -2.15. The number of aliphatic hydroxyl groups is 1. The molecule has 4 nitrogen and oxygen atoms in total. The molecular weight excluding hydrogens is 341 g/mol. The van der Waals surface area contributed by atoms with E-state index in [1.807, 2.05) is 36.4 Å². The monoisotopic (exact) mass is 359 g/mol. The lowest BCUT2D eigenvalue weighted by atomic mass is 10.0. The fourth-order valence-electron chi connectivity index (χ4n) is 2.71. The smallest absolute Gasteiger partial charge is 0.240 e. The van der Waals surface area contributed by atoms with Gasteiger partial charge in [0.25, 0.3) is 0 Å². The largest absolute Gasteiger partial charge is 0.387 e. The van der Waals surface area contributed by atoms with Crippen LogP contribution in [0.2, 0.25) is 0 Å². The Labute approximate surface area is 146 Å². The second-order valence-corrected chi connectivity index (χ2v) is 7.61. The third-order valence-corrected chi connectivity index (χ3v) is 5.51. The molecule has 0 fully saturated rings. The molecule has 0 unspecified atom stereocenters. The van der Waals surface area contributed by atoms with Crippen LogP contribution >= 0.6 is 0 Å². The summed E-state index contributed by atoms with van der Waals surface area (Å²) >= 11 is 0. The molecule has 0 spiro atoms. The normalized spacial score (nSPS) is 13.1. The number of halogens is 1. The van der Waals surface area contributed by atoms with Crippen molar-refractivity contribution in [3.63, 3.8) is 0 Å². The molecule has 0 saturated carbocycles. The molecule has 0 radical (unpaired) electrons. The summed E-state index contributed by atoms with van der Waals surface area (Å²) in [7, 11) is -3.83. The van der Waals surface area contributed by atoms with Gasteiger partial charge in [-0.1, -0.05) is 42.5 Å². The number of sulfonamides is 1. The summed E-state index contributed by atoms with van der Waals surface area (Å²) in [5, 5.41) is 12.3.